The molecule has 1 aromatic carbocycles. The molecule has 0 spiro atoms. The van der Waals surface area contributed by atoms with Gasteiger partial charge in [0.15, 0.2) is 0 Å². The molecule has 0 atom stereocenters. The summed E-state index contributed by atoms with van der Waals surface area (Å²) >= 11 is 0. The first-order valence-electron chi connectivity index (χ1n) is 8.42. The second kappa shape index (κ2) is 7.30. The van der Waals surface area contributed by atoms with Gasteiger partial charge in [0.2, 0.25) is 0 Å². The highest BCUT2D eigenvalue weighted by Gasteiger charge is 2.12. The second-order valence-corrected chi connectivity index (χ2v) is 6.01. The van der Waals surface area contributed by atoms with Crippen molar-refractivity contribution in [1.29, 1.82) is 0 Å². The topological polar surface area (TPSA) is 59.8 Å². The molecule has 5 heteroatoms. The smallest absolute Gasteiger partial charge is 0.251 e. The zero-order chi connectivity index (χ0) is 17.8. The third kappa shape index (κ3) is 3.60. The Morgan fingerprint density at radius 3 is 2.52 bits per heavy atom. The van der Waals surface area contributed by atoms with Gasteiger partial charge in [0.25, 0.3) is 5.91 Å². The minimum Gasteiger partial charge on any atom is -0.348 e. The van der Waals surface area contributed by atoms with Crippen molar-refractivity contribution < 1.29 is 4.79 Å². The minimum atomic E-state index is -0.0991. The molecule has 0 aliphatic heterocycles. The summed E-state index contributed by atoms with van der Waals surface area (Å²) in [5.74, 6) is -0.0991. The van der Waals surface area contributed by atoms with E-state index in [1.54, 1.807) is 12.4 Å². The van der Waals surface area contributed by atoms with Crippen molar-refractivity contribution >= 4 is 5.91 Å². The number of nitrogens with zero attached hydrogens (tertiary/aromatic N) is 3. The maximum atomic E-state index is 12.3. The number of aromatic nitrogens is 3. The highest BCUT2D eigenvalue weighted by Crippen LogP contribution is 2.18. The molecule has 0 aliphatic carbocycles. The van der Waals surface area contributed by atoms with E-state index in [1.807, 2.05) is 48.0 Å². The van der Waals surface area contributed by atoms with Crippen LogP contribution in [0.1, 0.15) is 39.8 Å². The first-order chi connectivity index (χ1) is 12.1. The van der Waals surface area contributed by atoms with Crippen molar-refractivity contribution in [2.75, 3.05) is 0 Å². The van der Waals surface area contributed by atoms with E-state index in [4.69, 9.17) is 0 Å². The average Bonchev–Trinajstić information content (AvgIpc) is 2.94. The van der Waals surface area contributed by atoms with E-state index in [1.165, 1.54) is 5.56 Å². The van der Waals surface area contributed by atoms with Crippen LogP contribution in [0.5, 0.6) is 0 Å². The molecule has 0 saturated heterocycles. The standard InChI is InChI=1S/C20H22N4O/c1-4-19-14(2)23-24(15(19)3)18-9-7-17(8-10-18)20(25)22-13-16-6-5-11-21-12-16/h5-12H,4,13H2,1-3H3,(H,22,25). The quantitative estimate of drug-likeness (QED) is 0.778. The van der Waals surface area contributed by atoms with Crippen LogP contribution in [-0.4, -0.2) is 20.7 Å². The lowest BCUT2D eigenvalue weighted by Crippen LogP contribution is -2.22. The third-order valence-corrected chi connectivity index (χ3v) is 4.34. The van der Waals surface area contributed by atoms with Crippen molar-refractivity contribution in [3.8, 4) is 5.69 Å². The number of carbonyl (C=O) groups is 1. The summed E-state index contributed by atoms with van der Waals surface area (Å²) in [6.45, 7) is 6.71. The number of hydrogen-bond acceptors (Lipinski definition) is 3. The molecular formula is C20H22N4O. The Kier molecular flexibility index (Phi) is 4.93. The van der Waals surface area contributed by atoms with Crippen LogP contribution < -0.4 is 5.32 Å². The molecule has 0 unspecified atom stereocenters. The first kappa shape index (κ1) is 16.9. The molecule has 128 valence electrons. The summed E-state index contributed by atoms with van der Waals surface area (Å²) in [5.41, 5.74) is 6.04. The number of pyridine rings is 1. The highest BCUT2D eigenvalue weighted by molar-refractivity contribution is 5.94. The van der Waals surface area contributed by atoms with E-state index in [-0.39, 0.29) is 5.91 Å². The van der Waals surface area contributed by atoms with Crippen molar-refractivity contribution in [2.24, 2.45) is 0 Å². The Morgan fingerprint density at radius 2 is 1.92 bits per heavy atom. The minimum absolute atomic E-state index is 0.0991. The summed E-state index contributed by atoms with van der Waals surface area (Å²) in [5, 5.41) is 7.52. The number of benzene rings is 1. The SMILES string of the molecule is CCc1c(C)nn(-c2ccc(C(=O)NCc3cccnc3)cc2)c1C. The van der Waals surface area contributed by atoms with Crippen molar-refractivity contribution in [2.45, 2.75) is 33.7 Å². The molecule has 2 heterocycles. The molecule has 0 saturated carbocycles. The molecule has 1 amide bonds. The van der Waals surface area contributed by atoms with Crippen molar-refractivity contribution in [1.82, 2.24) is 20.1 Å². The monoisotopic (exact) mass is 334 g/mol. The molecule has 0 aliphatic rings. The normalized spacial score (nSPS) is 10.7. The van der Waals surface area contributed by atoms with Gasteiger partial charge in [-0.25, -0.2) is 4.68 Å². The van der Waals surface area contributed by atoms with Crippen LogP contribution in [0.3, 0.4) is 0 Å². The largest absolute Gasteiger partial charge is 0.348 e. The molecule has 3 rings (SSSR count). The molecule has 3 aromatic rings. The summed E-state index contributed by atoms with van der Waals surface area (Å²) in [7, 11) is 0. The van der Waals surface area contributed by atoms with Gasteiger partial charge in [0, 0.05) is 30.2 Å². The molecule has 2 aromatic heterocycles. The van der Waals surface area contributed by atoms with Gasteiger partial charge in [-0.3, -0.25) is 9.78 Å². The predicted octanol–water partition coefficient (Wildman–Crippen LogP) is 3.38. The van der Waals surface area contributed by atoms with Crippen LogP contribution in [0, 0.1) is 13.8 Å². The Bertz CT molecular complexity index is 867. The van der Waals surface area contributed by atoms with Gasteiger partial charge in [-0.15, -0.1) is 0 Å². The number of amides is 1. The number of rotatable bonds is 5. The van der Waals surface area contributed by atoms with Crippen LogP contribution in [0.4, 0.5) is 0 Å². The Hall–Kier alpha value is -2.95. The molecule has 5 nitrogen and oxygen atoms in total. The van der Waals surface area contributed by atoms with Gasteiger partial charge in [0.1, 0.15) is 0 Å². The van der Waals surface area contributed by atoms with Crippen molar-refractivity contribution in [3.05, 3.63) is 76.9 Å². The van der Waals surface area contributed by atoms with Crippen LogP contribution in [0.25, 0.3) is 5.69 Å². The number of aryl methyl sites for hydroxylation is 1. The van der Waals surface area contributed by atoms with Crippen LogP contribution >= 0.6 is 0 Å². The Morgan fingerprint density at radius 1 is 1.16 bits per heavy atom. The number of hydrogen-bond donors (Lipinski definition) is 1. The van der Waals surface area contributed by atoms with E-state index < -0.39 is 0 Å². The second-order valence-electron chi connectivity index (χ2n) is 6.01. The van der Waals surface area contributed by atoms with Crippen molar-refractivity contribution in [3.63, 3.8) is 0 Å². The van der Waals surface area contributed by atoms with Gasteiger partial charge in [-0.2, -0.15) is 5.10 Å². The van der Waals surface area contributed by atoms with E-state index in [0.717, 1.165) is 29.1 Å². The summed E-state index contributed by atoms with van der Waals surface area (Å²) < 4.78 is 1.94. The van der Waals surface area contributed by atoms with Gasteiger partial charge >= 0.3 is 0 Å². The van der Waals surface area contributed by atoms with Gasteiger partial charge in [-0.1, -0.05) is 13.0 Å². The van der Waals surface area contributed by atoms with E-state index in [2.05, 4.69) is 29.2 Å². The summed E-state index contributed by atoms with van der Waals surface area (Å²) in [6.07, 6.45) is 4.43. The van der Waals surface area contributed by atoms with E-state index in [9.17, 15) is 4.79 Å². The number of carbonyl (C=O) groups excluding carboxylic acids is 1. The molecule has 0 bridgehead atoms. The fourth-order valence-corrected chi connectivity index (χ4v) is 2.98. The van der Waals surface area contributed by atoms with Crippen LogP contribution in [0.2, 0.25) is 0 Å². The third-order valence-electron chi connectivity index (χ3n) is 4.34. The molecule has 25 heavy (non-hydrogen) atoms. The summed E-state index contributed by atoms with van der Waals surface area (Å²) in [4.78, 5) is 16.3. The molecular weight excluding hydrogens is 312 g/mol. The maximum absolute atomic E-state index is 12.3. The highest BCUT2D eigenvalue weighted by atomic mass is 16.1. The lowest BCUT2D eigenvalue weighted by atomic mass is 10.1. The van der Waals surface area contributed by atoms with Gasteiger partial charge in [0.05, 0.1) is 11.4 Å². The van der Waals surface area contributed by atoms with E-state index in [0.29, 0.717) is 12.1 Å². The number of nitrogens with one attached hydrogen (secondary N) is 1. The summed E-state index contributed by atoms with van der Waals surface area (Å²) in [6, 6.07) is 11.3. The first-order valence-corrected chi connectivity index (χ1v) is 8.42. The zero-order valence-corrected chi connectivity index (χ0v) is 14.8. The van der Waals surface area contributed by atoms with Gasteiger partial charge in [-0.05, 0) is 61.7 Å². The van der Waals surface area contributed by atoms with Gasteiger partial charge < -0.3 is 5.32 Å². The average molecular weight is 334 g/mol. The predicted molar refractivity (Wildman–Crippen MR) is 97.8 cm³/mol. The Labute approximate surface area is 147 Å². The van der Waals surface area contributed by atoms with Crippen LogP contribution in [-0.2, 0) is 13.0 Å². The molecule has 0 radical (unpaired) electrons. The molecule has 1 N–H and O–H groups in total. The van der Waals surface area contributed by atoms with E-state index >= 15 is 0 Å². The fraction of sp³-hybridized carbons (Fsp3) is 0.250. The Balaban J connectivity index is 1.73. The fourth-order valence-electron chi connectivity index (χ4n) is 2.98. The zero-order valence-electron chi connectivity index (χ0n) is 14.8. The van der Waals surface area contributed by atoms with Crippen LogP contribution in [0.15, 0.2) is 48.8 Å². The maximum Gasteiger partial charge on any atom is 0.251 e. The molecule has 0 fully saturated rings. The lowest BCUT2D eigenvalue weighted by Gasteiger charge is -2.08. The lowest BCUT2D eigenvalue weighted by molar-refractivity contribution is 0.0951.